The molecule has 2 rings (SSSR count). The Morgan fingerprint density at radius 1 is 0.909 bits per heavy atom. The van der Waals surface area contributed by atoms with Crippen LogP contribution in [-0.2, 0) is 0 Å². The molecule has 0 bridgehead atoms. The van der Waals surface area contributed by atoms with Crippen LogP contribution in [0.1, 0.15) is 69.7 Å². The molecule has 33 heavy (non-hydrogen) atoms. The van der Waals surface area contributed by atoms with E-state index in [9.17, 15) is 0 Å². The van der Waals surface area contributed by atoms with Gasteiger partial charge >= 0.3 is 0 Å². The second-order valence-corrected chi connectivity index (χ2v) is 8.74. The first-order valence-corrected chi connectivity index (χ1v) is 12.5. The van der Waals surface area contributed by atoms with Gasteiger partial charge in [-0.05, 0) is 94.9 Å². The van der Waals surface area contributed by atoms with Crippen LogP contribution in [0, 0.1) is 13.8 Å². The van der Waals surface area contributed by atoms with Crippen molar-refractivity contribution in [2.75, 3.05) is 31.1 Å². The molecule has 178 valence electrons. The SMILES string of the molecule is C=C(/C(C)=C\C(=C/C)C(c1ccc(N(CC)CC)c(C)c1)c1ccccc1C)N(CC)CC. The topological polar surface area (TPSA) is 6.48 Å². The van der Waals surface area contributed by atoms with Gasteiger partial charge in [0, 0.05) is 43.5 Å². The Morgan fingerprint density at radius 3 is 2.06 bits per heavy atom. The lowest BCUT2D eigenvalue weighted by atomic mass is 9.81. The van der Waals surface area contributed by atoms with Crippen LogP contribution >= 0.6 is 0 Å². The highest BCUT2D eigenvalue weighted by atomic mass is 15.1. The zero-order chi connectivity index (χ0) is 24.5. The molecule has 0 amide bonds. The molecule has 0 radical (unpaired) electrons. The van der Waals surface area contributed by atoms with Crippen LogP contribution in [-0.4, -0.2) is 31.1 Å². The molecule has 1 atom stereocenters. The summed E-state index contributed by atoms with van der Waals surface area (Å²) in [4.78, 5) is 4.75. The lowest BCUT2D eigenvalue weighted by Crippen LogP contribution is -2.23. The van der Waals surface area contributed by atoms with Gasteiger partial charge in [0.1, 0.15) is 0 Å². The van der Waals surface area contributed by atoms with Crippen molar-refractivity contribution < 1.29 is 0 Å². The maximum atomic E-state index is 4.40. The molecule has 0 spiro atoms. The van der Waals surface area contributed by atoms with Crippen molar-refractivity contribution >= 4 is 5.69 Å². The fourth-order valence-corrected chi connectivity index (χ4v) is 4.76. The average Bonchev–Trinajstić information content (AvgIpc) is 2.82. The summed E-state index contributed by atoms with van der Waals surface area (Å²) in [5.74, 6) is 0.181. The smallest absolute Gasteiger partial charge is 0.0395 e. The summed E-state index contributed by atoms with van der Waals surface area (Å²) in [5, 5.41) is 0. The molecule has 2 aromatic carbocycles. The van der Waals surface area contributed by atoms with E-state index in [1.807, 2.05) is 0 Å². The second kappa shape index (κ2) is 12.5. The number of benzene rings is 2. The highest BCUT2D eigenvalue weighted by molar-refractivity contribution is 5.58. The molecule has 0 fully saturated rings. The number of hydrogen-bond acceptors (Lipinski definition) is 2. The van der Waals surface area contributed by atoms with Crippen molar-refractivity contribution in [1.29, 1.82) is 0 Å². The molecule has 0 saturated heterocycles. The standard InChI is InChI=1S/C31H44N2/c1-10-27(21-24(7)26(9)32(11-2)12-3)31(29-18-16-15-17-23(29)6)28-19-20-30(25(8)22-28)33(13-4)14-5/h10,15-22,31H,9,11-14H2,1-8H3/b24-21-,27-10+. The van der Waals surface area contributed by atoms with Gasteiger partial charge in [-0.3, -0.25) is 0 Å². The Balaban J connectivity index is 2.63. The molecule has 1 unspecified atom stereocenters. The van der Waals surface area contributed by atoms with Crippen LogP contribution in [0.3, 0.4) is 0 Å². The first kappa shape index (κ1) is 26.5. The first-order chi connectivity index (χ1) is 15.8. The third-order valence-electron chi connectivity index (χ3n) is 6.81. The number of likely N-dealkylation sites (N-methyl/N-ethyl adjacent to an activating group) is 1. The quantitative estimate of drug-likeness (QED) is 0.324. The maximum Gasteiger partial charge on any atom is 0.0395 e. The van der Waals surface area contributed by atoms with Crippen molar-refractivity contribution in [3.8, 4) is 0 Å². The summed E-state index contributed by atoms with van der Waals surface area (Å²) in [6.45, 7) is 26.0. The Bertz CT molecular complexity index is 988. The molecule has 0 aliphatic rings. The van der Waals surface area contributed by atoms with Gasteiger partial charge in [0.2, 0.25) is 0 Å². The Morgan fingerprint density at radius 2 is 1.55 bits per heavy atom. The van der Waals surface area contributed by atoms with Crippen LogP contribution in [0.4, 0.5) is 5.69 Å². The molecule has 0 saturated carbocycles. The van der Waals surface area contributed by atoms with E-state index in [4.69, 9.17) is 0 Å². The van der Waals surface area contributed by atoms with E-state index < -0.39 is 0 Å². The van der Waals surface area contributed by atoms with Gasteiger partial charge in [0.15, 0.2) is 0 Å². The van der Waals surface area contributed by atoms with Gasteiger partial charge in [-0.2, -0.15) is 0 Å². The fourth-order valence-electron chi connectivity index (χ4n) is 4.76. The number of anilines is 1. The summed E-state index contributed by atoms with van der Waals surface area (Å²) in [7, 11) is 0. The molecular weight excluding hydrogens is 400 g/mol. The Kier molecular flexibility index (Phi) is 10.0. The molecule has 0 heterocycles. The average molecular weight is 445 g/mol. The maximum absolute atomic E-state index is 4.40. The van der Waals surface area contributed by atoms with Gasteiger partial charge in [0.05, 0.1) is 0 Å². The normalized spacial score (nSPS) is 13.1. The van der Waals surface area contributed by atoms with Gasteiger partial charge in [-0.15, -0.1) is 0 Å². The van der Waals surface area contributed by atoms with E-state index in [-0.39, 0.29) is 5.92 Å². The van der Waals surface area contributed by atoms with Crippen molar-refractivity contribution in [2.24, 2.45) is 0 Å². The largest absolute Gasteiger partial charge is 0.372 e. The van der Waals surface area contributed by atoms with Gasteiger partial charge in [-0.25, -0.2) is 0 Å². The van der Waals surface area contributed by atoms with Crippen molar-refractivity contribution in [3.63, 3.8) is 0 Å². The third-order valence-corrected chi connectivity index (χ3v) is 6.81. The van der Waals surface area contributed by atoms with Crippen LogP contribution < -0.4 is 4.90 Å². The number of rotatable bonds is 11. The number of hydrogen-bond donors (Lipinski definition) is 0. The zero-order valence-corrected chi connectivity index (χ0v) is 22.2. The minimum absolute atomic E-state index is 0.181. The molecular formula is C31H44N2. The van der Waals surface area contributed by atoms with E-state index >= 15 is 0 Å². The molecule has 2 heteroatoms. The summed E-state index contributed by atoms with van der Waals surface area (Å²) < 4.78 is 0. The zero-order valence-electron chi connectivity index (χ0n) is 22.2. The predicted molar refractivity (Wildman–Crippen MR) is 147 cm³/mol. The lowest BCUT2D eigenvalue weighted by molar-refractivity contribution is 0.391. The minimum Gasteiger partial charge on any atom is -0.372 e. The number of allylic oxidation sites excluding steroid dienone is 4. The van der Waals surface area contributed by atoms with Crippen molar-refractivity contribution in [1.82, 2.24) is 4.90 Å². The molecule has 0 aliphatic carbocycles. The molecule has 0 aromatic heterocycles. The second-order valence-electron chi connectivity index (χ2n) is 8.74. The number of nitrogens with zero attached hydrogens (tertiary/aromatic N) is 2. The van der Waals surface area contributed by atoms with Crippen molar-refractivity contribution in [3.05, 3.63) is 100 Å². The van der Waals surface area contributed by atoms with Crippen molar-refractivity contribution in [2.45, 2.75) is 61.3 Å². The van der Waals surface area contributed by atoms with Crippen LogP contribution in [0.5, 0.6) is 0 Å². The summed E-state index contributed by atoms with van der Waals surface area (Å²) in [6, 6.07) is 15.8. The molecule has 2 aromatic rings. The molecule has 0 aliphatic heterocycles. The third kappa shape index (κ3) is 6.19. The fraction of sp³-hybridized carbons (Fsp3) is 0.419. The van der Waals surface area contributed by atoms with E-state index in [0.29, 0.717) is 0 Å². The van der Waals surface area contributed by atoms with Gasteiger partial charge < -0.3 is 9.80 Å². The first-order valence-electron chi connectivity index (χ1n) is 12.5. The summed E-state index contributed by atoms with van der Waals surface area (Å²) in [6.07, 6.45) is 4.61. The predicted octanol–water partition coefficient (Wildman–Crippen LogP) is 8.03. The summed E-state index contributed by atoms with van der Waals surface area (Å²) in [5.41, 5.74) is 10.3. The highest BCUT2D eigenvalue weighted by Gasteiger charge is 2.21. The van der Waals surface area contributed by atoms with Crippen LogP contribution in [0.25, 0.3) is 0 Å². The minimum atomic E-state index is 0.181. The number of aryl methyl sites for hydroxylation is 2. The molecule has 0 N–H and O–H groups in total. The van der Waals surface area contributed by atoms with E-state index in [1.54, 1.807) is 0 Å². The molecule has 2 nitrogen and oxygen atoms in total. The summed E-state index contributed by atoms with van der Waals surface area (Å²) >= 11 is 0. The monoisotopic (exact) mass is 444 g/mol. The van der Waals surface area contributed by atoms with Crippen LogP contribution in [0.15, 0.2) is 78.0 Å². The van der Waals surface area contributed by atoms with E-state index in [1.165, 1.54) is 39.1 Å². The van der Waals surface area contributed by atoms with Crippen LogP contribution in [0.2, 0.25) is 0 Å². The van der Waals surface area contributed by atoms with Gasteiger partial charge in [0.25, 0.3) is 0 Å². The van der Waals surface area contributed by atoms with Gasteiger partial charge in [-0.1, -0.05) is 55.1 Å². The highest BCUT2D eigenvalue weighted by Crippen LogP contribution is 2.37. The van der Waals surface area contributed by atoms with E-state index in [0.717, 1.165) is 31.9 Å². The Hall–Kier alpha value is -2.74. The Labute approximate surface area is 203 Å². The lowest BCUT2D eigenvalue weighted by Gasteiger charge is -2.27. The van der Waals surface area contributed by atoms with E-state index in [2.05, 4.69) is 126 Å².